The van der Waals surface area contributed by atoms with Crippen LogP contribution in [0.1, 0.15) is 19.8 Å². The molecule has 1 saturated heterocycles. The van der Waals surface area contributed by atoms with Gasteiger partial charge in [0.05, 0.1) is 24.9 Å². The Balaban J connectivity index is 2.61. The Bertz CT molecular complexity index is 207. The molecule has 0 aromatic heterocycles. The Morgan fingerprint density at radius 2 is 2.27 bits per heavy atom. The summed E-state index contributed by atoms with van der Waals surface area (Å²) in [5, 5.41) is 28.1. The van der Waals surface area contributed by atoms with E-state index in [9.17, 15) is 10.2 Å². The molecule has 0 spiro atoms. The van der Waals surface area contributed by atoms with E-state index in [-0.39, 0.29) is 18.6 Å². The van der Waals surface area contributed by atoms with Gasteiger partial charge >= 0.3 is 0 Å². The first-order valence-electron chi connectivity index (χ1n) is 5.33. The number of hydrogen-bond donors (Lipinski definition) is 3. The Labute approximate surface area is 90.2 Å². The van der Waals surface area contributed by atoms with E-state index in [1.165, 1.54) is 0 Å². The van der Waals surface area contributed by atoms with Crippen LogP contribution in [-0.4, -0.2) is 46.3 Å². The van der Waals surface area contributed by atoms with Gasteiger partial charge in [-0.1, -0.05) is 13.0 Å². The van der Waals surface area contributed by atoms with Crippen LogP contribution in [0.2, 0.25) is 0 Å². The van der Waals surface area contributed by atoms with Crippen molar-refractivity contribution in [3.05, 3.63) is 12.7 Å². The van der Waals surface area contributed by atoms with Crippen LogP contribution in [0, 0.1) is 5.92 Å². The second-order valence-corrected chi connectivity index (χ2v) is 4.15. The smallest absolute Gasteiger partial charge is 0.103 e. The van der Waals surface area contributed by atoms with Gasteiger partial charge in [-0.3, -0.25) is 0 Å². The highest BCUT2D eigenvalue weighted by atomic mass is 16.5. The highest BCUT2D eigenvalue weighted by molar-refractivity contribution is 4.89. The standard InChI is InChI=1S/C11H20O4/c1-3-4-10-7(2)8(13)5-11(15-10)9(14)6-12/h3,7-14H,1,4-6H2,2H3/t7-,8+,9?,10-,11-/m1/s1. The number of aliphatic hydroxyl groups is 3. The fourth-order valence-electron chi connectivity index (χ4n) is 1.90. The molecule has 1 heterocycles. The molecular formula is C11H20O4. The van der Waals surface area contributed by atoms with Gasteiger partial charge in [-0.25, -0.2) is 0 Å². The lowest BCUT2D eigenvalue weighted by molar-refractivity contribution is -0.168. The molecule has 1 aliphatic rings. The summed E-state index contributed by atoms with van der Waals surface area (Å²) in [6.07, 6.45) is 0.739. The predicted molar refractivity (Wildman–Crippen MR) is 56.4 cm³/mol. The van der Waals surface area contributed by atoms with Crippen LogP contribution in [0.3, 0.4) is 0 Å². The molecule has 0 bridgehead atoms. The van der Waals surface area contributed by atoms with Gasteiger partial charge in [0.15, 0.2) is 0 Å². The van der Waals surface area contributed by atoms with Gasteiger partial charge in [-0.2, -0.15) is 0 Å². The third-order valence-electron chi connectivity index (χ3n) is 3.03. The summed E-state index contributed by atoms with van der Waals surface area (Å²) < 4.78 is 5.62. The average molecular weight is 216 g/mol. The van der Waals surface area contributed by atoms with Crippen molar-refractivity contribution in [2.24, 2.45) is 5.92 Å². The van der Waals surface area contributed by atoms with Gasteiger partial charge in [0.2, 0.25) is 0 Å². The maximum absolute atomic E-state index is 9.78. The molecule has 0 radical (unpaired) electrons. The topological polar surface area (TPSA) is 69.9 Å². The molecule has 4 nitrogen and oxygen atoms in total. The first-order chi connectivity index (χ1) is 7.10. The summed E-state index contributed by atoms with van der Waals surface area (Å²) in [6, 6.07) is 0. The van der Waals surface area contributed by atoms with Gasteiger partial charge in [0.1, 0.15) is 6.10 Å². The van der Waals surface area contributed by atoms with Crippen LogP contribution < -0.4 is 0 Å². The first kappa shape index (κ1) is 12.6. The molecule has 0 aromatic carbocycles. The zero-order valence-corrected chi connectivity index (χ0v) is 9.04. The van der Waals surface area contributed by atoms with Crippen molar-refractivity contribution in [3.8, 4) is 0 Å². The van der Waals surface area contributed by atoms with E-state index < -0.39 is 18.3 Å². The molecule has 1 rings (SSSR count). The molecule has 5 atom stereocenters. The SMILES string of the molecule is C=CC[C@H]1O[C@@H](C(O)CO)C[C@H](O)[C@H]1C. The van der Waals surface area contributed by atoms with Crippen molar-refractivity contribution in [1.82, 2.24) is 0 Å². The molecular weight excluding hydrogens is 196 g/mol. The molecule has 1 aliphatic heterocycles. The molecule has 3 N–H and O–H groups in total. The van der Waals surface area contributed by atoms with Crippen LogP contribution in [0.4, 0.5) is 0 Å². The zero-order chi connectivity index (χ0) is 11.4. The van der Waals surface area contributed by atoms with E-state index in [1.54, 1.807) is 6.08 Å². The summed E-state index contributed by atoms with van der Waals surface area (Å²) in [6.45, 7) is 5.21. The van der Waals surface area contributed by atoms with Crippen molar-refractivity contribution in [2.45, 2.75) is 44.2 Å². The second-order valence-electron chi connectivity index (χ2n) is 4.15. The van der Waals surface area contributed by atoms with Crippen molar-refractivity contribution in [3.63, 3.8) is 0 Å². The lowest BCUT2D eigenvalue weighted by Crippen LogP contribution is -2.48. The normalized spacial score (nSPS) is 38.7. The highest BCUT2D eigenvalue weighted by Gasteiger charge is 2.36. The highest BCUT2D eigenvalue weighted by Crippen LogP contribution is 2.28. The van der Waals surface area contributed by atoms with E-state index in [1.807, 2.05) is 6.92 Å². The monoisotopic (exact) mass is 216 g/mol. The summed E-state index contributed by atoms with van der Waals surface area (Å²) >= 11 is 0. The lowest BCUT2D eigenvalue weighted by atomic mass is 9.87. The fourth-order valence-corrected chi connectivity index (χ4v) is 1.90. The van der Waals surface area contributed by atoms with Crippen molar-refractivity contribution in [2.75, 3.05) is 6.61 Å². The van der Waals surface area contributed by atoms with Crippen LogP contribution in [-0.2, 0) is 4.74 Å². The predicted octanol–water partition coefficient (Wildman–Crippen LogP) is 0.0702. The van der Waals surface area contributed by atoms with Gasteiger partial charge in [0.25, 0.3) is 0 Å². The molecule has 0 aromatic rings. The van der Waals surface area contributed by atoms with Gasteiger partial charge in [-0.15, -0.1) is 6.58 Å². The van der Waals surface area contributed by atoms with Crippen LogP contribution >= 0.6 is 0 Å². The van der Waals surface area contributed by atoms with E-state index in [2.05, 4.69) is 6.58 Å². The van der Waals surface area contributed by atoms with E-state index in [4.69, 9.17) is 9.84 Å². The summed E-state index contributed by atoms with van der Waals surface area (Å²) in [7, 11) is 0. The van der Waals surface area contributed by atoms with E-state index in [0.717, 1.165) is 0 Å². The molecule has 88 valence electrons. The molecule has 0 amide bonds. The largest absolute Gasteiger partial charge is 0.394 e. The van der Waals surface area contributed by atoms with E-state index >= 15 is 0 Å². The summed E-state index contributed by atoms with van der Waals surface area (Å²) in [5.74, 6) is 0.0325. The summed E-state index contributed by atoms with van der Waals surface area (Å²) in [5.41, 5.74) is 0. The molecule has 0 aliphatic carbocycles. The van der Waals surface area contributed by atoms with Crippen LogP contribution in [0.5, 0.6) is 0 Å². The third-order valence-corrected chi connectivity index (χ3v) is 3.03. The Morgan fingerprint density at radius 1 is 1.60 bits per heavy atom. The number of rotatable bonds is 4. The average Bonchev–Trinajstić information content (AvgIpc) is 2.23. The molecule has 4 heteroatoms. The lowest BCUT2D eigenvalue weighted by Gasteiger charge is -2.39. The Morgan fingerprint density at radius 3 is 2.80 bits per heavy atom. The molecule has 15 heavy (non-hydrogen) atoms. The van der Waals surface area contributed by atoms with Crippen molar-refractivity contribution >= 4 is 0 Å². The van der Waals surface area contributed by atoms with Gasteiger partial charge in [-0.05, 0) is 6.42 Å². The minimum atomic E-state index is -0.917. The minimum Gasteiger partial charge on any atom is -0.394 e. The van der Waals surface area contributed by atoms with Gasteiger partial charge in [0, 0.05) is 12.3 Å². The molecule has 1 fully saturated rings. The van der Waals surface area contributed by atoms with Crippen LogP contribution in [0.15, 0.2) is 12.7 Å². The number of ether oxygens (including phenoxy) is 1. The van der Waals surface area contributed by atoms with Crippen LogP contribution in [0.25, 0.3) is 0 Å². The first-order valence-corrected chi connectivity index (χ1v) is 5.33. The Hall–Kier alpha value is -0.420. The quantitative estimate of drug-likeness (QED) is 0.582. The fraction of sp³-hybridized carbons (Fsp3) is 0.818. The van der Waals surface area contributed by atoms with Crippen molar-refractivity contribution < 1.29 is 20.1 Å². The van der Waals surface area contributed by atoms with E-state index in [0.29, 0.717) is 12.8 Å². The van der Waals surface area contributed by atoms with Gasteiger partial charge < -0.3 is 20.1 Å². The number of hydrogen-bond acceptors (Lipinski definition) is 4. The minimum absolute atomic E-state index is 0.0325. The maximum Gasteiger partial charge on any atom is 0.103 e. The Kier molecular flexibility index (Phi) is 4.73. The zero-order valence-electron chi connectivity index (χ0n) is 9.04. The second kappa shape index (κ2) is 5.61. The molecule has 1 unspecified atom stereocenters. The maximum atomic E-state index is 9.78. The molecule has 0 saturated carbocycles. The third kappa shape index (κ3) is 3.01. The summed E-state index contributed by atoms with van der Waals surface area (Å²) in [4.78, 5) is 0. The number of aliphatic hydroxyl groups excluding tert-OH is 3. The van der Waals surface area contributed by atoms with Crippen molar-refractivity contribution in [1.29, 1.82) is 0 Å².